The summed E-state index contributed by atoms with van der Waals surface area (Å²) in [7, 11) is 1.28. The Balaban J connectivity index is 1.50. The number of nitrogens with zero attached hydrogens (tertiary/aromatic N) is 2. The van der Waals surface area contributed by atoms with Gasteiger partial charge in [-0.3, -0.25) is 0 Å². The number of aromatic nitrogens is 2. The molecular formula is C29H20N2O5S. The number of ether oxygens (including phenoxy) is 2. The third-order valence-corrected chi connectivity index (χ3v) is 5.84. The third kappa shape index (κ3) is 5.76. The number of methoxy groups -OCH3 is 1. The fourth-order valence-electron chi connectivity index (χ4n) is 3.53. The van der Waals surface area contributed by atoms with Crippen molar-refractivity contribution in [1.29, 1.82) is 0 Å². The molecule has 0 radical (unpaired) electrons. The van der Waals surface area contributed by atoms with E-state index in [-0.39, 0.29) is 0 Å². The molecule has 0 spiro atoms. The van der Waals surface area contributed by atoms with Crippen LogP contribution in [0.5, 0.6) is 11.5 Å². The second-order valence-corrected chi connectivity index (χ2v) is 8.43. The summed E-state index contributed by atoms with van der Waals surface area (Å²) in [5.41, 5.74) is 2.63. The molecule has 0 aliphatic rings. The largest absolute Gasteiger partial charge is 0.459 e. The summed E-state index contributed by atoms with van der Waals surface area (Å²) in [6.07, 6.45) is 3.33. The molecule has 0 atom stereocenters. The quantitative estimate of drug-likeness (QED) is 0.0866. The molecule has 0 saturated carbocycles. The Hall–Kier alpha value is -4.71. The Morgan fingerprint density at radius 3 is 2.46 bits per heavy atom. The average Bonchev–Trinajstić information content (AvgIpc) is 3.30. The second kappa shape index (κ2) is 11.4. The van der Waals surface area contributed by atoms with Crippen LogP contribution < -0.4 is 9.73 Å². The number of carbonyl (C=O) groups is 1. The third-order valence-electron chi connectivity index (χ3n) is 5.25. The van der Waals surface area contributed by atoms with E-state index in [2.05, 4.69) is 21.6 Å². The van der Waals surface area contributed by atoms with Gasteiger partial charge in [0.1, 0.15) is 11.5 Å². The zero-order chi connectivity index (χ0) is 25.5. The zero-order valence-electron chi connectivity index (χ0n) is 19.7. The van der Waals surface area contributed by atoms with Gasteiger partial charge in [-0.05, 0) is 36.4 Å². The lowest BCUT2D eigenvalue weighted by Gasteiger charge is -2.11. The van der Waals surface area contributed by atoms with E-state index in [1.807, 2.05) is 91.0 Å². The Kier molecular flexibility index (Phi) is 7.36. The van der Waals surface area contributed by atoms with Crippen molar-refractivity contribution in [3.8, 4) is 34.5 Å². The first kappa shape index (κ1) is 24.0. The van der Waals surface area contributed by atoms with E-state index in [4.69, 9.17) is 14.1 Å². The van der Waals surface area contributed by atoms with Crippen molar-refractivity contribution in [2.75, 3.05) is 7.11 Å². The molecule has 2 heterocycles. The van der Waals surface area contributed by atoms with Gasteiger partial charge in [0.2, 0.25) is 0 Å². The molecule has 8 heteroatoms. The standard InChI is InChI=1S/C29H20N2O5S/c1-33-28(32)17-16-21-20-31(35-36-37-24-12-6-3-7-13-24)29-26(21)18-22(19-30-29)25-14-8-9-15-27(25)34-23-10-4-2-5-11-23/h2-15,18-20H,1H3. The molecule has 0 bridgehead atoms. The molecule has 3 aromatic carbocycles. The molecule has 0 unspecified atom stereocenters. The number of esters is 1. The Bertz CT molecular complexity index is 1590. The van der Waals surface area contributed by atoms with E-state index in [1.54, 1.807) is 12.4 Å². The van der Waals surface area contributed by atoms with Gasteiger partial charge in [-0.1, -0.05) is 64.9 Å². The summed E-state index contributed by atoms with van der Waals surface area (Å²) in [4.78, 5) is 22.6. The minimum absolute atomic E-state index is 0.466. The van der Waals surface area contributed by atoms with Crippen LogP contribution in [-0.4, -0.2) is 22.8 Å². The van der Waals surface area contributed by atoms with Gasteiger partial charge < -0.3 is 9.47 Å². The highest BCUT2D eigenvalue weighted by molar-refractivity contribution is 7.94. The monoisotopic (exact) mass is 508 g/mol. The van der Waals surface area contributed by atoms with Gasteiger partial charge in [-0.25, -0.2) is 14.8 Å². The molecule has 5 aromatic rings. The summed E-state index contributed by atoms with van der Waals surface area (Å²) >= 11 is 1.06. The van der Waals surface area contributed by atoms with Crippen LogP contribution in [0.15, 0.2) is 108 Å². The highest BCUT2D eigenvalue weighted by atomic mass is 32.2. The van der Waals surface area contributed by atoms with Crippen LogP contribution in [0, 0.1) is 11.8 Å². The Morgan fingerprint density at radius 2 is 1.68 bits per heavy atom. The van der Waals surface area contributed by atoms with Gasteiger partial charge >= 0.3 is 5.97 Å². The molecule has 0 aliphatic carbocycles. The summed E-state index contributed by atoms with van der Waals surface area (Å²) in [5.74, 6) is 6.05. The second-order valence-electron chi connectivity index (χ2n) is 7.66. The molecule has 37 heavy (non-hydrogen) atoms. The number of pyridine rings is 1. The van der Waals surface area contributed by atoms with Crippen molar-refractivity contribution in [3.63, 3.8) is 0 Å². The van der Waals surface area contributed by atoms with Crippen molar-refractivity contribution < 1.29 is 23.6 Å². The predicted octanol–water partition coefficient (Wildman–Crippen LogP) is 6.09. The average molecular weight is 509 g/mol. The minimum atomic E-state index is -0.650. The molecule has 0 N–H and O–H groups in total. The van der Waals surface area contributed by atoms with E-state index in [1.165, 1.54) is 11.8 Å². The lowest BCUT2D eigenvalue weighted by atomic mass is 10.0. The van der Waals surface area contributed by atoms with Crippen molar-refractivity contribution in [3.05, 3.63) is 109 Å². The first-order chi connectivity index (χ1) is 18.2. The van der Waals surface area contributed by atoms with Crippen LogP contribution in [0.3, 0.4) is 0 Å². The fraction of sp³-hybridized carbons (Fsp3) is 0.0345. The van der Waals surface area contributed by atoms with Crippen LogP contribution in [0.2, 0.25) is 0 Å². The smallest absolute Gasteiger partial charge is 0.384 e. The van der Waals surface area contributed by atoms with E-state index in [0.29, 0.717) is 22.3 Å². The van der Waals surface area contributed by atoms with Gasteiger partial charge in [0, 0.05) is 33.5 Å². The number of rotatable bonds is 7. The van der Waals surface area contributed by atoms with Crippen molar-refractivity contribution in [1.82, 2.24) is 9.71 Å². The molecule has 0 saturated heterocycles. The number of fused-ring (bicyclic) bond motifs is 1. The summed E-state index contributed by atoms with van der Waals surface area (Å²) in [6, 6.07) is 28.7. The van der Waals surface area contributed by atoms with Gasteiger partial charge in [-0.2, -0.15) is 0 Å². The van der Waals surface area contributed by atoms with Gasteiger partial charge in [0.15, 0.2) is 5.65 Å². The van der Waals surface area contributed by atoms with E-state index < -0.39 is 5.97 Å². The topological polar surface area (TPSA) is 71.8 Å². The highest BCUT2D eigenvalue weighted by Crippen LogP contribution is 2.35. The van der Waals surface area contributed by atoms with Crippen molar-refractivity contribution in [2.24, 2.45) is 0 Å². The molecular weight excluding hydrogens is 488 g/mol. The first-order valence-electron chi connectivity index (χ1n) is 11.2. The SMILES string of the molecule is COC(=O)C#Cc1cn(OOSc2ccccc2)c2ncc(-c3ccccc3Oc3ccccc3)cc12. The molecule has 0 amide bonds. The van der Waals surface area contributed by atoms with Crippen molar-refractivity contribution in [2.45, 2.75) is 4.90 Å². The molecule has 0 fully saturated rings. The number of benzene rings is 3. The highest BCUT2D eigenvalue weighted by Gasteiger charge is 2.15. The number of para-hydroxylation sites is 2. The Labute approximate surface area is 217 Å². The van der Waals surface area contributed by atoms with Crippen LogP contribution in [-0.2, 0) is 13.9 Å². The summed E-state index contributed by atoms with van der Waals surface area (Å²) < 4.78 is 17.5. The molecule has 7 nitrogen and oxygen atoms in total. The van der Waals surface area contributed by atoms with Crippen LogP contribution >= 0.6 is 12.0 Å². The summed E-state index contributed by atoms with van der Waals surface area (Å²) in [5, 5.41) is 0.664. The summed E-state index contributed by atoms with van der Waals surface area (Å²) in [6.45, 7) is 0. The maximum Gasteiger partial charge on any atom is 0.384 e. The lowest BCUT2D eigenvalue weighted by Crippen LogP contribution is -2.07. The number of hydrogen-bond acceptors (Lipinski definition) is 7. The van der Waals surface area contributed by atoms with Crippen molar-refractivity contribution >= 4 is 29.0 Å². The maximum absolute atomic E-state index is 11.7. The lowest BCUT2D eigenvalue weighted by molar-refractivity contribution is -0.188. The Morgan fingerprint density at radius 1 is 0.946 bits per heavy atom. The van der Waals surface area contributed by atoms with E-state index >= 15 is 0 Å². The molecule has 5 rings (SSSR count). The normalized spacial score (nSPS) is 10.4. The minimum Gasteiger partial charge on any atom is -0.459 e. The van der Waals surface area contributed by atoms with Gasteiger partial charge in [-0.15, -0.1) is 4.73 Å². The van der Waals surface area contributed by atoms with E-state index in [9.17, 15) is 4.79 Å². The van der Waals surface area contributed by atoms with E-state index in [0.717, 1.165) is 33.8 Å². The fourth-order valence-corrected chi connectivity index (χ4v) is 3.97. The maximum atomic E-state index is 11.7. The molecule has 0 aliphatic heterocycles. The predicted molar refractivity (Wildman–Crippen MR) is 141 cm³/mol. The van der Waals surface area contributed by atoms with Crippen LogP contribution in [0.25, 0.3) is 22.2 Å². The van der Waals surface area contributed by atoms with Crippen LogP contribution in [0.4, 0.5) is 0 Å². The van der Waals surface area contributed by atoms with Crippen LogP contribution in [0.1, 0.15) is 5.56 Å². The number of carbonyl (C=O) groups excluding carboxylic acids is 1. The first-order valence-corrected chi connectivity index (χ1v) is 12.0. The molecule has 182 valence electrons. The van der Waals surface area contributed by atoms with Gasteiger partial charge in [0.05, 0.1) is 30.9 Å². The van der Waals surface area contributed by atoms with Gasteiger partial charge in [0.25, 0.3) is 0 Å². The number of hydrogen-bond donors (Lipinski definition) is 0. The molecule has 2 aromatic heterocycles. The zero-order valence-corrected chi connectivity index (χ0v) is 20.5.